The van der Waals surface area contributed by atoms with Gasteiger partial charge in [0.05, 0.1) is 5.69 Å². The summed E-state index contributed by atoms with van der Waals surface area (Å²) in [6.45, 7) is 7.57. The summed E-state index contributed by atoms with van der Waals surface area (Å²) in [4.78, 5) is 0. The van der Waals surface area contributed by atoms with Crippen molar-refractivity contribution in [3.8, 4) is 0 Å². The van der Waals surface area contributed by atoms with E-state index in [1.807, 2.05) is 4.68 Å². The first-order chi connectivity index (χ1) is 6.75. The molecule has 4 heteroatoms. The predicted octanol–water partition coefficient (Wildman–Crippen LogP) is 1.01. The van der Waals surface area contributed by atoms with Gasteiger partial charge in [0.2, 0.25) is 0 Å². The van der Waals surface area contributed by atoms with Crippen LogP contribution in [0.5, 0.6) is 0 Å². The molecule has 4 nitrogen and oxygen atoms in total. The van der Waals surface area contributed by atoms with Gasteiger partial charge in [0.25, 0.3) is 0 Å². The molecule has 78 valence electrons. The van der Waals surface area contributed by atoms with Crippen LogP contribution in [0.1, 0.15) is 31.9 Å². The van der Waals surface area contributed by atoms with E-state index in [-0.39, 0.29) is 0 Å². The smallest absolute Gasteiger partial charge is 0.0852 e. The summed E-state index contributed by atoms with van der Waals surface area (Å²) in [7, 11) is 0. The molecule has 1 aliphatic rings. The van der Waals surface area contributed by atoms with Crippen LogP contribution < -0.4 is 5.32 Å². The highest BCUT2D eigenvalue weighted by molar-refractivity contribution is 4.98. The maximum atomic E-state index is 4.15. The maximum absolute atomic E-state index is 4.15. The maximum Gasteiger partial charge on any atom is 0.0852 e. The second kappa shape index (κ2) is 4.09. The molecule has 0 amide bonds. The predicted molar refractivity (Wildman–Crippen MR) is 55.1 cm³/mol. The van der Waals surface area contributed by atoms with Crippen molar-refractivity contribution in [1.82, 2.24) is 20.3 Å². The molecule has 2 heterocycles. The first-order valence-electron chi connectivity index (χ1n) is 5.36. The van der Waals surface area contributed by atoms with Crippen LogP contribution in [0, 0.1) is 5.92 Å². The van der Waals surface area contributed by atoms with Gasteiger partial charge < -0.3 is 5.32 Å². The van der Waals surface area contributed by atoms with Gasteiger partial charge in [-0.25, -0.2) is 0 Å². The quantitative estimate of drug-likeness (QED) is 0.781. The number of nitrogens with zero attached hydrogens (tertiary/aromatic N) is 3. The van der Waals surface area contributed by atoms with Crippen molar-refractivity contribution in [2.24, 2.45) is 5.92 Å². The summed E-state index contributed by atoms with van der Waals surface area (Å²) in [5.74, 6) is 1.21. The summed E-state index contributed by atoms with van der Waals surface area (Å²) in [6, 6.07) is 0. The molecule has 1 N–H and O–H groups in total. The number of hydrogen-bond acceptors (Lipinski definition) is 3. The van der Waals surface area contributed by atoms with Crippen LogP contribution in [0.2, 0.25) is 0 Å². The minimum absolute atomic E-state index is 0.477. The Hall–Kier alpha value is -0.900. The molecule has 0 spiro atoms. The van der Waals surface area contributed by atoms with Crippen molar-refractivity contribution in [1.29, 1.82) is 0 Å². The molecule has 1 aromatic rings. The highest BCUT2D eigenvalue weighted by atomic mass is 15.4. The normalized spacial score (nSPS) is 22.1. The molecule has 0 aliphatic carbocycles. The van der Waals surface area contributed by atoms with Gasteiger partial charge in [0, 0.05) is 12.7 Å². The minimum atomic E-state index is 0.477. The second-order valence-electron chi connectivity index (χ2n) is 4.38. The van der Waals surface area contributed by atoms with Gasteiger partial charge in [-0.1, -0.05) is 19.1 Å². The highest BCUT2D eigenvalue weighted by Crippen LogP contribution is 2.13. The Morgan fingerprint density at radius 2 is 2.50 bits per heavy atom. The van der Waals surface area contributed by atoms with Crippen molar-refractivity contribution in [2.75, 3.05) is 13.1 Å². The fourth-order valence-corrected chi connectivity index (χ4v) is 1.80. The van der Waals surface area contributed by atoms with E-state index in [1.165, 1.54) is 6.42 Å². The van der Waals surface area contributed by atoms with Crippen molar-refractivity contribution in [3.05, 3.63) is 11.9 Å². The molecule has 1 aromatic heterocycles. The average Bonchev–Trinajstić information content (AvgIpc) is 2.75. The zero-order valence-corrected chi connectivity index (χ0v) is 8.90. The van der Waals surface area contributed by atoms with Crippen LogP contribution in [0.4, 0.5) is 0 Å². The monoisotopic (exact) mass is 194 g/mol. The molecule has 1 fully saturated rings. The zero-order chi connectivity index (χ0) is 9.97. The molecule has 1 atom stereocenters. The molecule has 2 rings (SSSR count). The van der Waals surface area contributed by atoms with Crippen LogP contribution in [0.15, 0.2) is 6.20 Å². The number of aromatic nitrogens is 3. The molecular formula is C10H18N4. The molecule has 14 heavy (non-hydrogen) atoms. The lowest BCUT2D eigenvalue weighted by atomic mass is 10.1. The largest absolute Gasteiger partial charge is 0.316 e. The van der Waals surface area contributed by atoms with Crippen molar-refractivity contribution in [2.45, 2.75) is 32.7 Å². The molecule has 0 radical (unpaired) electrons. The minimum Gasteiger partial charge on any atom is -0.316 e. The highest BCUT2D eigenvalue weighted by Gasteiger charge is 2.15. The van der Waals surface area contributed by atoms with Crippen LogP contribution in [0.3, 0.4) is 0 Å². The summed E-state index contributed by atoms with van der Waals surface area (Å²) in [6.07, 6.45) is 3.33. The zero-order valence-electron chi connectivity index (χ0n) is 8.90. The molecular weight excluding hydrogens is 176 g/mol. The van der Waals surface area contributed by atoms with Gasteiger partial charge in [-0.15, -0.1) is 5.10 Å². The van der Waals surface area contributed by atoms with E-state index in [0.717, 1.165) is 31.2 Å². The Labute approximate surface area is 84.7 Å². The van der Waals surface area contributed by atoms with Crippen LogP contribution in [-0.2, 0) is 6.54 Å². The number of nitrogens with one attached hydrogen (secondary N) is 1. The Morgan fingerprint density at radius 1 is 1.64 bits per heavy atom. The van der Waals surface area contributed by atoms with Gasteiger partial charge in [-0.3, -0.25) is 4.68 Å². The van der Waals surface area contributed by atoms with E-state index in [1.54, 1.807) is 0 Å². The number of hydrogen-bond donors (Lipinski definition) is 1. The number of rotatable bonds is 3. The van der Waals surface area contributed by atoms with Crippen LogP contribution in [0.25, 0.3) is 0 Å². The van der Waals surface area contributed by atoms with Crippen LogP contribution >= 0.6 is 0 Å². The van der Waals surface area contributed by atoms with Gasteiger partial charge in [-0.05, 0) is 31.3 Å². The molecule has 0 bridgehead atoms. The molecule has 0 saturated carbocycles. The third-order valence-electron chi connectivity index (χ3n) is 2.76. The Kier molecular flexibility index (Phi) is 2.82. The summed E-state index contributed by atoms with van der Waals surface area (Å²) >= 11 is 0. The van der Waals surface area contributed by atoms with E-state index in [4.69, 9.17) is 0 Å². The molecule has 1 aliphatic heterocycles. The Morgan fingerprint density at radius 3 is 3.07 bits per heavy atom. The van der Waals surface area contributed by atoms with Crippen molar-refractivity contribution < 1.29 is 0 Å². The molecule has 0 aromatic carbocycles. The lowest BCUT2D eigenvalue weighted by Crippen LogP contribution is -2.14. The summed E-state index contributed by atoms with van der Waals surface area (Å²) in [5.41, 5.74) is 1.09. The second-order valence-corrected chi connectivity index (χ2v) is 4.38. The average molecular weight is 194 g/mol. The van der Waals surface area contributed by atoms with Gasteiger partial charge in [0.1, 0.15) is 0 Å². The van der Waals surface area contributed by atoms with Gasteiger partial charge >= 0.3 is 0 Å². The third kappa shape index (κ3) is 2.12. The van der Waals surface area contributed by atoms with E-state index in [0.29, 0.717) is 5.92 Å². The Balaban J connectivity index is 1.95. The summed E-state index contributed by atoms with van der Waals surface area (Å²) < 4.78 is 1.98. The standard InChI is InChI=1S/C10H18N4/c1-8(2)10-7-14(13-12-10)6-9-3-4-11-5-9/h7-9,11H,3-6H2,1-2H3. The topological polar surface area (TPSA) is 42.7 Å². The van der Waals surface area contributed by atoms with Crippen molar-refractivity contribution in [3.63, 3.8) is 0 Å². The van der Waals surface area contributed by atoms with Gasteiger partial charge in [0.15, 0.2) is 0 Å². The fraction of sp³-hybridized carbons (Fsp3) is 0.800. The fourth-order valence-electron chi connectivity index (χ4n) is 1.80. The first kappa shape index (κ1) is 9.65. The Bertz CT molecular complexity index is 286. The van der Waals surface area contributed by atoms with Crippen LogP contribution in [-0.4, -0.2) is 28.1 Å². The lowest BCUT2D eigenvalue weighted by Gasteiger charge is -2.06. The SMILES string of the molecule is CC(C)c1cn(CC2CCNC2)nn1. The lowest BCUT2D eigenvalue weighted by molar-refractivity contribution is 0.441. The third-order valence-corrected chi connectivity index (χ3v) is 2.76. The summed E-state index contributed by atoms with van der Waals surface area (Å²) in [5, 5.41) is 11.7. The first-order valence-corrected chi connectivity index (χ1v) is 5.36. The molecule has 1 saturated heterocycles. The van der Waals surface area contributed by atoms with Gasteiger partial charge in [-0.2, -0.15) is 0 Å². The van der Waals surface area contributed by atoms with E-state index in [2.05, 4.69) is 35.7 Å². The van der Waals surface area contributed by atoms with E-state index >= 15 is 0 Å². The van der Waals surface area contributed by atoms with E-state index < -0.39 is 0 Å². The van der Waals surface area contributed by atoms with Crippen molar-refractivity contribution >= 4 is 0 Å². The molecule has 1 unspecified atom stereocenters. The van der Waals surface area contributed by atoms with E-state index in [9.17, 15) is 0 Å².